The van der Waals surface area contributed by atoms with Gasteiger partial charge in [0.2, 0.25) is 24.4 Å². The lowest BCUT2D eigenvalue weighted by Gasteiger charge is -2.11. The zero-order chi connectivity index (χ0) is 16.8. The van der Waals surface area contributed by atoms with Crippen molar-refractivity contribution in [2.24, 2.45) is 0 Å². The number of hydrogen-bond acceptors (Lipinski definition) is 7. The third-order valence-corrected chi connectivity index (χ3v) is 4.29. The Balaban J connectivity index is 1.43. The lowest BCUT2D eigenvalue weighted by atomic mass is 10.1. The first-order valence-corrected chi connectivity index (χ1v) is 7.51. The number of hydrogen-bond donors (Lipinski definition) is 2. The van der Waals surface area contributed by atoms with Crippen molar-refractivity contribution in [3.8, 4) is 11.5 Å². The number of aliphatic hydroxyl groups is 3. The number of methoxy groups -OCH3 is 1. The van der Waals surface area contributed by atoms with Crippen molar-refractivity contribution < 1.29 is 38.7 Å². The van der Waals surface area contributed by atoms with Gasteiger partial charge in [-0.3, -0.25) is 4.74 Å². The molecule has 0 saturated carbocycles. The van der Waals surface area contributed by atoms with Crippen LogP contribution in [0.25, 0.3) is 6.08 Å². The molecule has 0 aromatic heterocycles. The van der Waals surface area contributed by atoms with Gasteiger partial charge in [0, 0.05) is 0 Å². The Labute approximate surface area is 137 Å². The number of benzene rings is 1. The molecule has 3 heterocycles. The average Bonchev–Trinajstić information content (AvgIpc) is 3.19. The van der Waals surface area contributed by atoms with Gasteiger partial charge in [0.1, 0.15) is 0 Å². The predicted molar refractivity (Wildman–Crippen MR) is 79.1 cm³/mol. The molecule has 0 bridgehead atoms. The van der Waals surface area contributed by atoms with E-state index in [2.05, 4.69) is 4.74 Å². The van der Waals surface area contributed by atoms with Gasteiger partial charge in [-0.05, 0) is 23.8 Å². The molecule has 0 spiro atoms. The van der Waals surface area contributed by atoms with E-state index in [1.54, 1.807) is 24.3 Å². The van der Waals surface area contributed by atoms with E-state index in [9.17, 15) is 15.0 Å². The zero-order valence-electron chi connectivity index (χ0n) is 12.7. The van der Waals surface area contributed by atoms with Gasteiger partial charge in [0.25, 0.3) is 6.29 Å². The largest absolute Gasteiger partial charge is 0.504 e. The molecule has 4 rings (SSSR count). The minimum Gasteiger partial charge on any atom is -0.504 e. The second-order valence-corrected chi connectivity index (χ2v) is 5.77. The van der Waals surface area contributed by atoms with Crippen molar-refractivity contribution in [1.29, 1.82) is 0 Å². The highest BCUT2D eigenvalue weighted by Crippen LogP contribution is 2.37. The summed E-state index contributed by atoms with van der Waals surface area (Å²) in [6, 6.07) is 4.93. The lowest BCUT2D eigenvalue weighted by molar-refractivity contribution is -0.246. The summed E-state index contributed by atoms with van der Waals surface area (Å²) in [5.74, 6) is -0.248. The van der Waals surface area contributed by atoms with Gasteiger partial charge in [-0.1, -0.05) is 12.1 Å². The van der Waals surface area contributed by atoms with Crippen molar-refractivity contribution in [3.05, 3.63) is 29.8 Å². The molecular weight excluding hydrogens is 320 g/mol. The molecule has 0 radical (unpaired) electrons. The molecule has 6 unspecified atom stereocenters. The molecule has 3 aliphatic heterocycles. The number of carbonyl (C=O) groups excluding carboxylic acids is 1. The zero-order valence-corrected chi connectivity index (χ0v) is 12.7. The minimum atomic E-state index is -1.24. The van der Waals surface area contributed by atoms with Crippen molar-refractivity contribution in [2.45, 2.75) is 37.0 Å². The third-order valence-electron chi connectivity index (χ3n) is 4.29. The van der Waals surface area contributed by atoms with Crippen LogP contribution < -0.4 is 4.74 Å². The quantitative estimate of drug-likeness (QED) is 0.575. The second kappa shape index (κ2) is 5.75. The smallest absolute Gasteiger partial charge is 0.344 e. The van der Waals surface area contributed by atoms with Crippen LogP contribution in [0.15, 0.2) is 24.3 Å². The lowest BCUT2D eigenvalue weighted by Crippen LogP contribution is -2.34. The number of esters is 1. The Kier molecular flexibility index (Phi) is 3.69. The Hall–Kier alpha value is -2.13. The van der Waals surface area contributed by atoms with Crippen molar-refractivity contribution in [2.75, 3.05) is 7.11 Å². The molecule has 3 fully saturated rings. The van der Waals surface area contributed by atoms with E-state index in [4.69, 9.17) is 18.9 Å². The number of aliphatic hydroxyl groups excluding tert-OH is 1. The molecular formula is C16H17O8+. The Morgan fingerprint density at radius 1 is 1.29 bits per heavy atom. The number of ether oxygens (including phenoxy) is 5. The summed E-state index contributed by atoms with van der Waals surface area (Å²) in [6.07, 6.45) is -0.731. The van der Waals surface area contributed by atoms with Crippen LogP contribution in [0.5, 0.6) is 11.5 Å². The van der Waals surface area contributed by atoms with Gasteiger partial charge in [0.15, 0.2) is 17.8 Å². The molecule has 3 N–H and O–H groups in total. The number of fused-ring (bicyclic) bond motifs is 3. The monoisotopic (exact) mass is 337 g/mol. The fourth-order valence-electron chi connectivity index (χ4n) is 3.10. The van der Waals surface area contributed by atoms with Crippen LogP contribution in [0.2, 0.25) is 0 Å². The van der Waals surface area contributed by atoms with E-state index in [-0.39, 0.29) is 5.75 Å². The van der Waals surface area contributed by atoms with Crippen LogP contribution >= 0.6 is 0 Å². The molecule has 128 valence electrons. The van der Waals surface area contributed by atoms with Gasteiger partial charge >= 0.3 is 5.97 Å². The first-order chi connectivity index (χ1) is 11.6. The molecule has 1 aromatic rings. The molecule has 24 heavy (non-hydrogen) atoms. The summed E-state index contributed by atoms with van der Waals surface area (Å²) >= 11 is 0. The Morgan fingerprint density at radius 3 is 2.92 bits per heavy atom. The Morgan fingerprint density at radius 2 is 2.12 bits per heavy atom. The van der Waals surface area contributed by atoms with Crippen molar-refractivity contribution in [1.82, 2.24) is 0 Å². The summed E-state index contributed by atoms with van der Waals surface area (Å²) in [5, 5.41) is 19.3. The SMILES string of the molecule is COc1cc(/C=C/C2OC3[OH+]C4C(O)C(=O)OC4C3O2)ccc1O. The molecule has 8 nitrogen and oxygen atoms in total. The molecule has 1 aromatic carbocycles. The average molecular weight is 337 g/mol. The highest BCUT2D eigenvalue weighted by atomic mass is 16.8. The molecule has 3 saturated heterocycles. The summed E-state index contributed by atoms with van der Waals surface area (Å²) in [5.41, 5.74) is 0.798. The molecule has 6 atom stereocenters. The van der Waals surface area contributed by atoms with Gasteiger partial charge in [-0.25, -0.2) is 4.79 Å². The first-order valence-electron chi connectivity index (χ1n) is 7.51. The second-order valence-electron chi connectivity index (χ2n) is 5.77. The van der Waals surface area contributed by atoms with E-state index in [1.165, 1.54) is 13.2 Å². The fraction of sp³-hybridized carbons (Fsp3) is 0.438. The molecule has 0 aliphatic carbocycles. The highest BCUT2D eigenvalue weighted by molar-refractivity contribution is 5.78. The molecule has 0 amide bonds. The standard InChI is InChI=1S/C16H16O8/c1-20-9-6-7(2-4-8(9)17)3-5-10-21-14-13-12(24-16(14)22-10)11(18)15(19)23-13/h2-6,10-14,16-18H,1H3/p+1/b5-3+. The van der Waals surface area contributed by atoms with Gasteiger partial charge in [0.05, 0.1) is 7.11 Å². The van der Waals surface area contributed by atoms with Gasteiger partial charge in [-0.15, -0.1) is 0 Å². The van der Waals surface area contributed by atoms with Crippen LogP contribution in [0.3, 0.4) is 0 Å². The van der Waals surface area contributed by atoms with E-state index < -0.39 is 43.0 Å². The topological polar surface area (TPSA) is 107 Å². The number of phenols is 1. The maximum absolute atomic E-state index is 11.4. The summed E-state index contributed by atoms with van der Waals surface area (Å²) in [6.45, 7) is 0. The molecule has 8 heteroatoms. The van der Waals surface area contributed by atoms with E-state index in [1.807, 2.05) is 0 Å². The number of carbonyl (C=O) groups is 1. The summed E-state index contributed by atoms with van der Waals surface area (Å²) < 4.78 is 25.8. The first kappa shape index (κ1) is 15.4. The normalized spacial score (nSPS) is 37.5. The van der Waals surface area contributed by atoms with E-state index >= 15 is 0 Å². The van der Waals surface area contributed by atoms with Crippen LogP contribution in [0, 0.1) is 0 Å². The van der Waals surface area contributed by atoms with Gasteiger partial charge in [-0.2, -0.15) is 0 Å². The fourth-order valence-corrected chi connectivity index (χ4v) is 3.10. The third kappa shape index (κ3) is 2.44. The number of phenolic OH excluding ortho intramolecular Hbond substituents is 1. The highest BCUT2D eigenvalue weighted by Gasteiger charge is 2.66. The van der Waals surface area contributed by atoms with Crippen molar-refractivity contribution >= 4 is 12.0 Å². The molecule has 3 aliphatic rings. The van der Waals surface area contributed by atoms with Crippen molar-refractivity contribution in [3.63, 3.8) is 0 Å². The van der Waals surface area contributed by atoms with Crippen LogP contribution in [0.1, 0.15) is 5.56 Å². The van der Waals surface area contributed by atoms with E-state index in [0.29, 0.717) is 5.75 Å². The minimum absolute atomic E-state index is 0.0593. The van der Waals surface area contributed by atoms with Crippen LogP contribution in [-0.4, -0.2) is 65.0 Å². The number of rotatable bonds is 3. The maximum atomic E-state index is 11.4. The Bertz CT molecular complexity index is 687. The number of aromatic hydroxyl groups is 1. The summed E-state index contributed by atoms with van der Waals surface area (Å²) in [7, 11) is 1.47. The van der Waals surface area contributed by atoms with Crippen LogP contribution in [-0.2, 0) is 19.0 Å². The van der Waals surface area contributed by atoms with E-state index in [0.717, 1.165) is 5.56 Å². The van der Waals surface area contributed by atoms with Crippen LogP contribution in [0.4, 0.5) is 0 Å². The summed E-state index contributed by atoms with van der Waals surface area (Å²) in [4.78, 5) is 11.4. The van der Waals surface area contributed by atoms with Gasteiger partial charge < -0.3 is 29.2 Å². The maximum Gasteiger partial charge on any atom is 0.344 e. The predicted octanol–water partition coefficient (Wildman–Crippen LogP) is -0.322.